The first-order valence-corrected chi connectivity index (χ1v) is 10.0. The van der Waals surface area contributed by atoms with Crippen LogP contribution in [0.5, 0.6) is 0 Å². The number of rotatable bonds is 7. The monoisotopic (exact) mass is 464 g/mol. The molecule has 0 aliphatic carbocycles. The molecule has 12 heteroatoms. The Hall–Kier alpha value is -2.25. The molecular weight excluding hydrogens is 437 g/mol. The number of alkyl halides is 3. The number of ether oxygens (including phenoxy) is 1. The molecule has 9 nitrogen and oxygen atoms in total. The molecule has 1 aromatic rings. The van der Waals surface area contributed by atoms with E-state index in [1.807, 2.05) is 0 Å². The molecule has 3 rings (SSSR count). The molecule has 5 N–H and O–H groups in total. The normalized spacial score (nSPS) is 22.8. The number of hydrogen-bond acceptors (Lipinski definition) is 7. The molecule has 0 spiro atoms. The van der Waals surface area contributed by atoms with Crippen molar-refractivity contribution in [3.8, 4) is 0 Å². The van der Waals surface area contributed by atoms with Gasteiger partial charge in [0.25, 0.3) is 0 Å². The van der Waals surface area contributed by atoms with Crippen LogP contribution in [0.3, 0.4) is 0 Å². The Morgan fingerprint density at radius 1 is 1.09 bits per heavy atom. The highest BCUT2D eigenvalue weighted by atomic mass is 19.4. The summed E-state index contributed by atoms with van der Waals surface area (Å²) in [4.78, 5) is 21.7. The lowest BCUT2D eigenvalue weighted by Gasteiger charge is -2.34. The number of nitrogens with zero attached hydrogens (tertiary/aromatic N) is 1. The second-order valence-corrected chi connectivity index (χ2v) is 7.56. The Morgan fingerprint density at radius 2 is 1.72 bits per heavy atom. The van der Waals surface area contributed by atoms with Crippen LogP contribution < -0.4 is 5.32 Å². The minimum absolute atomic E-state index is 0.214. The number of carbonyl (C=O) groups is 2. The first-order chi connectivity index (χ1) is 15.0. The van der Waals surface area contributed by atoms with E-state index in [0.29, 0.717) is 25.3 Å². The number of aliphatic hydroxyl groups is 2. The highest BCUT2D eigenvalue weighted by Gasteiger charge is 2.36. The van der Waals surface area contributed by atoms with Crippen molar-refractivity contribution >= 4 is 11.9 Å². The number of carboxylic acid groups (broad SMARTS) is 2. The molecular formula is C20H27F3N2O7. The maximum Gasteiger partial charge on any atom is 0.416 e. The summed E-state index contributed by atoms with van der Waals surface area (Å²) in [7, 11) is 0. The molecule has 0 bridgehead atoms. The van der Waals surface area contributed by atoms with Crippen molar-refractivity contribution < 1.29 is 47.9 Å². The summed E-state index contributed by atoms with van der Waals surface area (Å²) in [5.41, 5.74) is -0.168. The number of aliphatic hydroxyl groups excluding tert-OH is 2. The molecule has 32 heavy (non-hydrogen) atoms. The summed E-state index contributed by atoms with van der Waals surface area (Å²) in [6.07, 6.45) is -6.97. The van der Waals surface area contributed by atoms with Crippen LogP contribution in [0.4, 0.5) is 13.2 Å². The van der Waals surface area contributed by atoms with Crippen LogP contribution in [0.2, 0.25) is 0 Å². The fourth-order valence-electron chi connectivity index (χ4n) is 3.66. The second-order valence-electron chi connectivity index (χ2n) is 7.56. The van der Waals surface area contributed by atoms with Gasteiger partial charge in [-0.15, -0.1) is 0 Å². The zero-order chi connectivity index (χ0) is 23.9. The van der Waals surface area contributed by atoms with Gasteiger partial charge < -0.3 is 30.5 Å². The number of halogens is 3. The van der Waals surface area contributed by atoms with E-state index >= 15 is 0 Å². The molecule has 2 heterocycles. The molecule has 2 saturated heterocycles. The SMILES string of the molecule is FC(F)(F)c1ccccc1CN([C@@H]1CCOC1)[C@H]1CCNC1.O=C(O)C(O)C(O)C(=O)O. The Kier molecular flexibility index (Phi) is 9.40. The first kappa shape index (κ1) is 26.0. The van der Waals surface area contributed by atoms with Gasteiger partial charge in [-0.25, -0.2) is 9.59 Å². The van der Waals surface area contributed by atoms with Gasteiger partial charge in [0.1, 0.15) is 0 Å². The van der Waals surface area contributed by atoms with E-state index in [-0.39, 0.29) is 12.1 Å². The average molecular weight is 464 g/mol. The number of benzene rings is 1. The van der Waals surface area contributed by atoms with Gasteiger partial charge in [-0.3, -0.25) is 4.90 Å². The lowest BCUT2D eigenvalue weighted by molar-refractivity contribution is -0.165. The fourth-order valence-corrected chi connectivity index (χ4v) is 3.66. The molecule has 2 unspecified atom stereocenters. The van der Waals surface area contributed by atoms with Crippen LogP contribution >= 0.6 is 0 Å². The third-order valence-corrected chi connectivity index (χ3v) is 5.36. The minimum Gasteiger partial charge on any atom is -0.479 e. The Bertz CT molecular complexity index is 732. The molecule has 2 aliphatic heterocycles. The predicted molar refractivity (Wildman–Crippen MR) is 105 cm³/mol. The molecule has 4 atom stereocenters. The van der Waals surface area contributed by atoms with Crippen LogP contribution in [-0.4, -0.2) is 87.9 Å². The lowest BCUT2D eigenvalue weighted by atomic mass is 10.0. The lowest BCUT2D eigenvalue weighted by Crippen LogP contribution is -2.44. The molecule has 1 aromatic carbocycles. The summed E-state index contributed by atoms with van der Waals surface area (Å²) in [6.45, 7) is 3.41. The summed E-state index contributed by atoms with van der Waals surface area (Å²) >= 11 is 0. The molecule has 2 fully saturated rings. The van der Waals surface area contributed by atoms with E-state index in [4.69, 9.17) is 25.2 Å². The van der Waals surface area contributed by atoms with Crippen LogP contribution in [0.1, 0.15) is 24.0 Å². The molecule has 2 aliphatic rings. The highest BCUT2D eigenvalue weighted by molar-refractivity contribution is 5.83. The van der Waals surface area contributed by atoms with Crippen LogP contribution in [0, 0.1) is 0 Å². The number of nitrogens with one attached hydrogen (secondary N) is 1. The maximum atomic E-state index is 13.2. The maximum absolute atomic E-state index is 13.2. The second kappa shape index (κ2) is 11.6. The van der Waals surface area contributed by atoms with Gasteiger partial charge in [0.2, 0.25) is 0 Å². The Labute approximate surface area is 182 Å². The van der Waals surface area contributed by atoms with Gasteiger partial charge in [0.05, 0.1) is 12.2 Å². The highest BCUT2D eigenvalue weighted by Crippen LogP contribution is 2.33. The van der Waals surface area contributed by atoms with Crippen LogP contribution in [0.15, 0.2) is 24.3 Å². The van der Waals surface area contributed by atoms with Crippen molar-refractivity contribution in [1.29, 1.82) is 0 Å². The van der Waals surface area contributed by atoms with Crippen molar-refractivity contribution in [2.45, 2.75) is 49.9 Å². The van der Waals surface area contributed by atoms with E-state index in [9.17, 15) is 22.8 Å². The number of hydrogen-bond donors (Lipinski definition) is 5. The quantitative estimate of drug-likeness (QED) is 0.391. The van der Waals surface area contributed by atoms with Gasteiger partial charge in [-0.05, 0) is 31.0 Å². The van der Waals surface area contributed by atoms with Crippen molar-refractivity contribution in [2.75, 3.05) is 26.3 Å². The zero-order valence-corrected chi connectivity index (χ0v) is 17.2. The van der Waals surface area contributed by atoms with E-state index < -0.39 is 35.9 Å². The fraction of sp³-hybridized carbons (Fsp3) is 0.600. The molecule has 0 radical (unpaired) electrons. The summed E-state index contributed by atoms with van der Waals surface area (Å²) in [6, 6.07) is 6.39. The zero-order valence-electron chi connectivity index (χ0n) is 17.2. The Morgan fingerprint density at radius 3 is 2.19 bits per heavy atom. The van der Waals surface area contributed by atoms with Crippen molar-refractivity contribution in [3.63, 3.8) is 0 Å². The predicted octanol–water partition coefficient (Wildman–Crippen LogP) is 0.536. The third-order valence-electron chi connectivity index (χ3n) is 5.36. The van der Waals surface area contributed by atoms with E-state index in [1.165, 1.54) is 12.1 Å². The van der Waals surface area contributed by atoms with E-state index in [0.717, 1.165) is 25.9 Å². The molecule has 0 amide bonds. The van der Waals surface area contributed by atoms with Crippen LogP contribution in [0.25, 0.3) is 0 Å². The van der Waals surface area contributed by atoms with E-state index in [2.05, 4.69) is 10.2 Å². The standard InChI is InChI=1S/C16H21F3N2O.C4H6O6/c17-16(18,19)15-4-2-1-3-12(15)10-21(13-5-7-20-9-13)14-6-8-22-11-14;5-1(3(7)8)2(6)4(9)10/h1-4,13-14,20H,5-11H2;1-2,5-6H,(H,7,8)(H,9,10)/t13-,14+;/m0./s1. The summed E-state index contributed by atoms with van der Waals surface area (Å²) in [5.74, 6) is -3.54. The van der Waals surface area contributed by atoms with Crippen molar-refractivity contribution in [3.05, 3.63) is 35.4 Å². The van der Waals surface area contributed by atoms with Crippen LogP contribution in [-0.2, 0) is 27.0 Å². The van der Waals surface area contributed by atoms with Gasteiger partial charge in [-0.2, -0.15) is 13.2 Å². The Balaban J connectivity index is 0.000000309. The third kappa shape index (κ3) is 7.14. The largest absolute Gasteiger partial charge is 0.479 e. The first-order valence-electron chi connectivity index (χ1n) is 10.0. The average Bonchev–Trinajstić information content (AvgIpc) is 3.45. The van der Waals surface area contributed by atoms with Gasteiger partial charge in [-0.1, -0.05) is 18.2 Å². The smallest absolute Gasteiger partial charge is 0.416 e. The number of aliphatic carboxylic acids is 2. The number of carboxylic acids is 2. The summed E-state index contributed by atoms with van der Waals surface area (Å²) < 4.78 is 45.0. The molecule has 180 valence electrons. The summed E-state index contributed by atoms with van der Waals surface area (Å²) in [5, 5.41) is 35.8. The van der Waals surface area contributed by atoms with E-state index in [1.54, 1.807) is 12.1 Å². The van der Waals surface area contributed by atoms with Crippen molar-refractivity contribution in [2.24, 2.45) is 0 Å². The molecule has 0 saturated carbocycles. The molecule has 0 aromatic heterocycles. The topological polar surface area (TPSA) is 140 Å². The minimum atomic E-state index is -4.30. The van der Waals surface area contributed by atoms with Gasteiger partial charge >= 0.3 is 18.1 Å². The van der Waals surface area contributed by atoms with Crippen molar-refractivity contribution in [1.82, 2.24) is 10.2 Å². The van der Waals surface area contributed by atoms with Gasteiger partial charge in [0.15, 0.2) is 12.2 Å². The van der Waals surface area contributed by atoms with Gasteiger partial charge in [0, 0.05) is 31.8 Å².